The van der Waals surface area contributed by atoms with Gasteiger partial charge in [0.1, 0.15) is 11.6 Å². The Morgan fingerprint density at radius 2 is 1.82 bits per heavy atom. The summed E-state index contributed by atoms with van der Waals surface area (Å²) in [7, 11) is -0.899. The van der Waals surface area contributed by atoms with Crippen molar-refractivity contribution in [1.82, 2.24) is 0 Å². The molecule has 8 heteroatoms. The molecule has 3 aromatic carbocycles. The van der Waals surface area contributed by atoms with E-state index < -0.39 is 10.0 Å². The number of hydrogen-bond acceptors (Lipinski definition) is 4. The summed E-state index contributed by atoms with van der Waals surface area (Å²) in [4.78, 5) is 15.0. The molecular formula is C25H25FN2O4S. The van der Waals surface area contributed by atoms with Crippen LogP contribution in [0.1, 0.15) is 27.9 Å². The minimum Gasteiger partial charge on any atom is -0.497 e. The molecule has 0 saturated heterocycles. The second kappa shape index (κ2) is 8.86. The molecule has 0 atom stereocenters. The van der Waals surface area contributed by atoms with E-state index in [9.17, 15) is 17.6 Å². The van der Waals surface area contributed by atoms with E-state index >= 15 is 0 Å². The zero-order chi connectivity index (χ0) is 23.8. The number of benzene rings is 3. The van der Waals surface area contributed by atoms with E-state index in [0.29, 0.717) is 42.1 Å². The van der Waals surface area contributed by atoms with Crippen LogP contribution in [0.3, 0.4) is 0 Å². The van der Waals surface area contributed by atoms with Crippen molar-refractivity contribution in [2.24, 2.45) is 0 Å². The topological polar surface area (TPSA) is 66.9 Å². The highest BCUT2D eigenvalue weighted by Gasteiger charge is 2.28. The largest absolute Gasteiger partial charge is 0.497 e. The molecule has 0 radical (unpaired) electrons. The molecule has 3 aromatic rings. The van der Waals surface area contributed by atoms with Crippen LogP contribution in [0.25, 0.3) is 0 Å². The molecule has 33 heavy (non-hydrogen) atoms. The molecule has 6 nitrogen and oxygen atoms in total. The van der Waals surface area contributed by atoms with E-state index in [2.05, 4.69) is 0 Å². The molecule has 0 unspecified atom stereocenters. The maximum atomic E-state index is 13.9. The highest BCUT2D eigenvalue weighted by Crippen LogP contribution is 2.33. The summed E-state index contributed by atoms with van der Waals surface area (Å²) in [5, 5.41) is 0. The Kier molecular flexibility index (Phi) is 6.12. The Labute approximate surface area is 193 Å². The van der Waals surface area contributed by atoms with Gasteiger partial charge in [-0.25, -0.2) is 12.8 Å². The van der Waals surface area contributed by atoms with Crippen LogP contribution in [-0.4, -0.2) is 35.0 Å². The lowest BCUT2D eigenvalue weighted by Crippen LogP contribution is -2.36. The highest BCUT2D eigenvalue weighted by atomic mass is 32.2. The lowest BCUT2D eigenvalue weighted by Gasteiger charge is -2.31. The second-order valence-corrected chi connectivity index (χ2v) is 9.96. The summed E-state index contributed by atoms with van der Waals surface area (Å²) < 4.78 is 46.7. The number of methoxy groups -OCH3 is 1. The average Bonchev–Trinajstić information content (AvgIpc) is 2.82. The van der Waals surface area contributed by atoms with Crippen LogP contribution in [0, 0.1) is 12.7 Å². The summed E-state index contributed by atoms with van der Waals surface area (Å²) in [5.41, 5.74) is 2.90. The average molecular weight is 469 g/mol. The summed E-state index contributed by atoms with van der Waals surface area (Å²) in [5.74, 6) is -0.0147. The standard InChI is InChI=1S/C25H25FN2O4S/c1-17-14-20(26)15-18-7-5-13-28(24(17)18)25(29)19-6-4-8-23(16-19)33(30,31)27(2)21-9-11-22(32-3)12-10-21/h4,6,8-12,14-16H,5,7,13H2,1-3H3. The number of hydrogen-bond donors (Lipinski definition) is 0. The van der Waals surface area contributed by atoms with E-state index in [1.54, 1.807) is 48.2 Å². The summed E-state index contributed by atoms with van der Waals surface area (Å²) in [6, 6.07) is 15.6. The summed E-state index contributed by atoms with van der Waals surface area (Å²) in [6.07, 6.45) is 1.40. The normalized spacial score (nSPS) is 13.4. The third kappa shape index (κ3) is 4.30. The van der Waals surface area contributed by atoms with Crippen LogP contribution in [0.2, 0.25) is 0 Å². The molecule has 1 aliphatic rings. The first-order valence-electron chi connectivity index (χ1n) is 10.6. The molecule has 0 fully saturated rings. The Bertz CT molecular complexity index is 1310. The number of aryl methyl sites for hydroxylation is 2. The van der Waals surface area contributed by atoms with Crippen LogP contribution in [0.15, 0.2) is 65.6 Å². The Morgan fingerprint density at radius 3 is 2.52 bits per heavy atom. The number of carbonyl (C=O) groups is 1. The minimum atomic E-state index is -3.90. The van der Waals surface area contributed by atoms with Crippen molar-refractivity contribution in [1.29, 1.82) is 0 Å². The molecular weight excluding hydrogens is 443 g/mol. The van der Waals surface area contributed by atoms with E-state index in [4.69, 9.17) is 4.74 Å². The minimum absolute atomic E-state index is 0.0136. The molecule has 0 bridgehead atoms. The van der Waals surface area contributed by atoms with Crippen LogP contribution >= 0.6 is 0 Å². The Morgan fingerprint density at radius 1 is 1.09 bits per heavy atom. The van der Waals surface area contributed by atoms with Crippen molar-refractivity contribution in [2.75, 3.05) is 29.9 Å². The predicted molar refractivity (Wildman–Crippen MR) is 126 cm³/mol. The van der Waals surface area contributed by atoms with Crippen LogP contribution in [0.4, 0.5) is 15.8 Å². The second-order valence-electron chi connectivity index (χ2n) is 7.99. The Balaban J connectivity index is 1.66. The maximum Gasteiger partial charge on any atom is 0.264 e. The van der Waals surface area contributed by atoms with Gasteiger partial charge in [-0.2, -0.15) is 0 Å². The quantitative estimate of drug-likeness (QED) is 0.551. The van der Waals surface area contributed by atoms with E-state index in [1.807, 2.05) is 0 Å². The van der Waals surface area contributed by atoms with Crippen molar-refractivity contribution in [3.63, 3.8) is 0 Å². The molecule has 1 heterocycles. The predicted octanol–water partition coefficient (Wildman–Crippen LogP) is 4.56. The van der Waals surface area contributed by atoms with Gasteiger partial charge in [-0.3, -0.25) is 9.10 Å². The van der Waals surface area contributed by atoms with Gasteiger partial charge >= 0.3 is 0 Å². The lowest BCUT2D eigenvalue weighted by molar-refractivity contribution is 0.0984. The number of amides is 1. The van der Waals surface area contributed by atoms with Gasteiger partial charge in [0.2, 0.25) is 0 Å². The SMILES string of the molecule is COc1ccc(N(C)S(=O)(=O)c2cccc(C(=O)N3CCCc4cc(F)cc(C)c43)c2)cc1. The number of ether oxygens (including phenoxy) is 1. The number of sulfonamides is 1. The van der Waals surface area contributed by atoms with Crippen molar-refractivity contribution >= 4 is 27.3 Å². The van der Waals surface area contributed by atoms with Crippen molar-refractivity contribution in [3.8, 4) is 5.75 Å². The fraction of sp³-hybridized carbons (Fsp3) is 0.240. The van der Waals surface area contributed by atoms with Gasteiger partial charge in [-0.05, 0) is 85.5 Å². The van der Waals surface area contributed by atoms with Crippen molar-refractivity contribution < 1.29 is 22.3 Å². The molecule has 0 saturated carbocycles. The number of nitrogens with zero attached hydrogens (tertiary/aromatic N) is 2. The molecule has 4 rings (SSSR count). The third-order valence-corrected chi connectivity index (χ3v) is 7.64. The molecule has 1 aliphatic heterocycles. The number of carbonyl (C=O) groups excluding carboxylic acids is 1. The first-order valence-corrected chi connectivity index (χ1v) is 12.0. The van der Waals surface area contributed by atoms with Gasteiger partial charge in [0.25, 0.3) is 15.9 Å². The van der Waals surface area contributed by atoms with Gasteiger partial charge in [0.05, 0.1) is 23.4 Å². The molecule has 0 aromatic heterocycles. The number of fused-ring (bicyclic) bond motifs is 1. The summed E-state index contributed by atoms with van der Waals surface area (Å²) >= 11 is 0. The summed E-state index contributed by atoms with van der Waals surface area (Å²) in [6.45, 7) is 2.26. The Hall–Kier alpha value is -3.39. The van der Waals surface area contributed by atoms with Gasteiger partial charge in [-0.15, -0.1) is 0 Å². The molecule has 0 aliphatic carbocycles. The first-order chi connectivity index (χ1) is 15.7. The van der Waals surface area contributed by atoms with E-state index in [-0.39, 0.29) is 22.2 Å². The fourth-order valence-electron chi connectivity index (χ4n) is 4.16. The van der Waals surface area contributed by atoms with Gasteiger partial charge in [-0.1, -0.05) is 6.07 Å². The zero-order valence-corrected chi connectivity index (χ0v) is 19.5. The van der Waals surface area contributed by atoms with Crippen LogP contribution in [0.5, 0.6) is 5.75 Å². The van der Waals surface area contributed by atoms with Gasteiger partial charge < -0.3 is 9.64 Å². The van der Waals surface area contributed by atoms with Gasteiger partial charge in [0.15, 0.2) is 0 Å². The number of anilines is 2. The monoisotopic (exact) mass is 468 g/mol. The maximum absolute atomic E-state index is 13.9. The number of halogens is 1. The molecule has 0 spiro atoms. The van der Waals surface area contributed by atoms with Gasteiger partial charge in [0, 0.05) is 19.2 Å². The van der Waals surface area contributed by atoms with Crippen molar-refractivity contribution in [2.45, 2.75) is 24.7 Å². The first kappa shape index (κ1) is 22.8. The molecule has 0 N–H and O–H groups in total. The molecule has 172 valence electrons. The molecule has 1 amide bonds. The smallest absolute Gasteiger partial charge is 0.264 e. The lowest BCUT2D eigenvalue weighted by atomic mass is 9.97. The van der Waals surface area contributed by atoms with E-state index in [1.165, 1.54) is 42.7 Å². The van der Waals surface area contributed by atoms with Crippen LogP contribution in [-0.2, 0) is 16.4 Å². The third-order valence-electron chi connectivity index (χ3n) is 5.86. The zero-order valence-electron chi connectivity index (χ0n) is 18.7. The van der Waals surface area contributed by atoms with E-state index in [0.717, 1.165) is 5.56 Å². The van der Waals surface area contributed by atoms with Crippen LogP contribution < -0.4 is 13.9 Å². The fourth-order valence-corrected chi connectivity index (χ4v) is 5.40. The highest BCUT2D eigenvalue weighted by molar-refractivity contribution is 7.92. The van der Waals surface area contributed by atoms with Crippen molar-refractivity contribution in [3.05, 3.63) is 83.2 Å². The number of rotatable bonds is 5.